The van der Waals surface area contributed by atoms with E-state index in [1.807, 2.05) is 42.5 Å². The SMILES string of the molecule is CCCCCCCCCCCCCCCCCCCCCC(=O)Nc1cccc(OCCc2ccccc2)c1. The van der Waals surface area contributed by atoms with Crippen LogP contribution in [-0.2, 0) is 11.2 Å². The second kappa shape index (κ2) is 23.6. The lowest BCUT2D eigenvalue weighted by Crippen LogP contribution is -2.11. The van der Waals surface area contributed by atoms with E-state index in [-0.39, 0.29) is 5.91 Å². The molecule has 0 aliphatic rings. The van der Waals surface area contributed by atoms with E-state index in [9.17, 15) is 4.79 Å². The molecule has 2 rings (SSSR count). The van der Waals surface area contributed by atoms with Gasteiger partial charge >= 0.3 is 0 Å². The van der Waals surface area contributed by atoms with Gasteiger partial charge in [0.1, 0.15) is 5.75 Å². The predicted molar refractivity (Wildman–Crippen MR) is 169 cm³/mol. The molecular weight excluding hydrogens is 478 g/mol. The molecule has 39 heavy (non-hydrogen) atoms. The molecule has 218 valence electrons. The smallest absolute Gasteiger partial charge is 0.224 e. The van der Waals surface area contributed by atoms with Gasteiger partial charge in [0, 0.05) is 24.6 Å². The van der Waals surface area contributed by atoms with Crippen LogP contribution in [0.25, 0.3) is 0 Å². The molecule has 0 saturated carbocycles. The van der Waals surface area contributed by atoms with Crippen LogP contribution in [-0.4, -0.2) is 12.5 Å². The van der Waals surface area contributed by atoms with Crippen LogP contribution < -0.4 is 10.1 Å². The van der Waals surface area contributed by atoms with E-state index in [2.05, 4.69) is 24.4 Å². The van der Waals surface area contributed by atoms with E-state index < -0.39 is 0 Å². The van der Waals surface area contributed by atoms with Crippen molar-refractivity contribution in [1.82, 2.24) is 0 Å². The third kappa shape index (κ3) is 18.6. The highest BCUT2D eigenvalue weighted by Gasteiger charge is 2.04. The minimum absolute atomic E-state index is 0.100. The van der Waals surface area contributed by atoms with Crippen LogP contribution in [0, 0.1) is 0 Å². The molecule has 0 aliphatic carbocycles. The van der Waals surface area contributed by atoms with Gasteiger partial charge in [0.05, 0.1) is 6.61 Å². The van der Waals surface area contributed by atoms with Crippen molar-refractivity contribution in [1.29, 1.82) is 0 Å². The number of hydrogen-bond acceptors (Lipinski definition) is 2. The third-order valence-corrected chi connectivity index (χ3v) is 7.63. The van der Waals surface area contributed by atoms with Gasteiger partial charge in [-0.25, -0.2) is 0 Å². The van der Waals surface area contributed by atoms with Gasteiger partial charge in [0.15, 0.2) is 0 Å². The van der Waals surface area contributed by atoms with Gasteiger partial charge in [-0.2, -0.15) is 0 Å². The minimum Gasteiger partial charge on any atom is -0.493 e. The molecule has 0 bridgehead atoms. The van der Waals surface area contributed by atoms with Gasteiger partial charge in [-0.1, -0.05) is 159 Å². The predicted octanol–water partition coefficient (Wildman–Crippen LogP) is 11.1. The van der Waals surface area contributed by atoms with Crippen molar-refractivity contribution in [2.75, 3.05) is 11.9 Å². The molecule has 0 heterocycles. The molecule has 2 aromatic rings. The van der Waals surface area contributed by atoms with Gasteiger partial charge in [-0.3, -0.25) is 4.79 Å². The van der Waals surface area contributed by atoms with Crippen LogP contribution >= 0.6 is 0 Å². The number of anilines is 1. The molecule has 0 saturated heterocycles. The van der Waals surface area contributed by atoms with Gasteiger partial charge in [0.25, 0.3) is 0 Å². The Morgan fingerprint density at radius 3 is 1.67 bits per heavy atom. The Hall–Kier alpha value is -2.29. The van der Waals surface area contributed by atoms with Crippen molar-refractivity contribution in [2.45, 2.75) is 142 Å². The topological polar surface area (TPSA) is 38.3 Å². The average Bonchev–Trinajstić information content (AvgIpc) is 2.95. The number of hydrogen-bond donors (Lipinski definition) is 1. The normalized spacial score (nSPS) is 11.0. The van der Waals surface area contributed by atoms with E-state index in [0.29, 0.717) is 13.0 Å². The fourth-order valence-electron chi connectivity index (χ4n) is 5.18. The number of rotatable bonds is 25. The number of amides is 1. The summed E-state index contributed by atoms with van der Waals surface area (Å²) in [5.74, 6) is 0.899. The number of carbonyl (C=O) groups is 1. The number of nitrogens with one attached hydrogen (secondary N) is 1. The fourth-order valence-corrected chi connectivity index (χ4v) is 5.18. The van der Waals surface area contributed by atoms with E-state index in [1.165, 1.54) is 115 Å². The van der Waals surface area contributed by atoms with Crippen molar-refractivity contribution >= 4 is 11.6 Å². The Balaban J connectivity index is 1.36. The second-order valence-electron chi connectivity index (χ2n) is 11.3. The summed E-state index contributed by atoms with van der Waals surface area (Å²) in [5.41, 5.74) is 2.08. The molecule has 3 nitrogen and oxygen atoms in total. The first kappa shape index (κ1) is 32.9. The van der Waals surface area contributed by atoms with Crippen molar-refractivity contribution in [3.8, 4) is 5.75 Å². The van der Waals surface area contributed by atoms with Gasteiger partial charge in [0.2, 0.25) is 5.91 Å². The lowest BCUT2D eigenvalue weighted by atomic mass is 10.0. The Labute approximate surface area is 240 Å². The number of benzene rings is 2. The van der Waals surface area contributed by atoms with E-state index in [0.717, 1.165) is 30.7 Å². The Bertz CT molecular complexity index is 835. The van der Waals surface area contributed by atoms with E-state index in [4.69, 9.17) is 4.74 Å². The number of unbranched alkanes of at least 4 members (excludes halogenated alkanes) is 18. The van der Waals surface area contributed by atoms with Crippen molar-refractivity contribution in [3.05, 3.63) is 60.2 Å². The lowest BCUT2D eigenvalue weighted by molar-refractivity contribution is -0.116. The summed E-state index contributed by atoms with van der Waals surface area (Å²) in [6.07, 6.45) is 27.4. The van der Waals surface area contributed by atoms with Crippen LogP contribution in [0.1, 0.15) is 141 Å². The summed E-state index contributed by atoms with van der Waals surface area (Å²) in [6.45, 7) is 2.92. The Morgan fingerprint density at radius 1 is 0.615 bits per heavy atom. The molecule has 1 amide bonds. The molecule has 0 aliphatic heterocycles. The quantitative estimate of drug-likeness (QED) is 0.128. The van der Waals surface area contributed by atoms with E-state index >= 15 is 0 Å². The van der Waals surface area contributed by atoms with Gasteiger partial charge < -0.3 is 10.1 Å². The first-order valence-corrected chi connectivity index (χ1v) is 16.3. The third-order valence-electron chi connectivity index (χ3n) is 7.63. The van der Waals surface area contributed by atoms with Gasteiger partial charge in [-0.05, 0) is 24.1 Å². The summed E-state index contributed by atoms with van der Waals surface area (Å²) in [5, 5.41) is 3.03. The zero-order valence-corrected chi connectivity index (χ0v) is 25.1. The molecule has 1 N–H and O–H groups in total. The summed E-state index contributed by atoms with van der Waals surface area (Å²) in [6, 6.07) is 18.1. The molecular formula is C36H57NO2. The molecule has 0 atom stereocenters. The maximum Gasteiger partial charge on any atom is 0.224 e. The van der Waals surface area contributed by atoms with E-state index in [1.54, 1.807) is 0 Å². The van der Waals surface area contributed by atoms with Crippen molar-refractivity contribution in [2.24, 2.45) is 0 Å². The highest BCUT2D eigenvalue weighted by molar-refractivity contribution is 5.90. The first-order valence-electron chi connectivity index (χ1n) is 16.3. The largest absolute Gasteiger partial charge is 0.493 e. The minimum atomic E-state index is 0.100. The van der Waals surface area contributed by atoms with Crippen LogP contribution in [0.5, 0.6) is 5.75 Å². The standard InChI is InChI=1S/C36H57NO2/c1-2-3-4-5-6-7-8-9-10-11-12-13-14-15-16-17-18-19-23-29-36(38)37-34-27-24-28-35(32-34)39-31-30-33-25-21-20-22-26-33/h20-22,24-28,32H,2-19,23,29-31H2,1H3,(H,37,38). The number of carbonyl (C=O) groups excluding carboxylic acids is 1. The average molecular weight is 536 g/mol. The van der Waals surface area contributed by atoms with Crippen molar-refractivity contribution < 1.29 is 9.53 Å². The monoisotopic (exact) mass is 535 g/mol. The summed E-state index contributed by atoms with van der Waals surface area (Å²) in [4.78, 5) is 12.4. The molecule has 0 radical (unpaired) electrons. The summed E-state index contributed by atoms with van der Waals surface area (Å²) < 4.78 is 5.88. The maximum atomic E-state index is 12.4. The fraction of sp³-hybridized carbons (Fsp3) is 0.639. The highest BCUT2D eigenvalue weighted by Crippen LogP contribution is 2.19. The highest BCUT2D eigenvalue weighted by atomic mass is 16.5. The Kier molecular flexibility index (Phi) is 19.9. The van der Waals surface area contributed by atoms with Crippen LogP contribution in [0.2, 0.25) is 0 Å². The molecule has 0 aromatic heterocycles. The molecule has 3 heteroatoms. The van der Waals surface area contributed by atoms with Crippen LogP contribution in [0.4, 0.5) is 5.69 Å². The maximum absolute atomic E-state index is 12.4. The molecule has 0 fully saturated rings. The molecule has 0 unspecified atom stereocenters. The first-order chi connectivity index (χ1) is 19.3. The molecule has 2 aromatic carbocycles. The molecule has 0 spiro atoms. The Morgan fingerprint density at radius 2 is 1.13 bits per heavy atom. The second-order valence-corrected chi connectivity index (χ2v) is 11.3. The zero-order valence-electron chi connectivity index (χ0n) is 25.1. The zero-order chi connectivity index (χ0) is 27.6. The summed E-state index contributed by atoms with van der Waals surface area (Å²) >= 11 is 0. The van der Waals surface area contributed by atoms with Crippen LogP contribution in [0.3, 0.4) is 0 Å². The lowest BCUT2D eigenvalue weighted by Gasteiger charge is -2.09. The number of ether oxygens (including phenoxy) is 1. The summed E-state index contributed by atoms with van der Waals surface area (Å²) in [7, 11) is 0. The van der Waals surface area contributed by atoms with Gasteiger partial charge in [-0.15, -0.1) is 0 Å². The van der Waals surface area contributed by atoms with Crippen LogP contribution in [0.15, 0.2) is 54.6 Å². The van der Waals surface area contributed by atoms with Crippen molar-refractivity contribution in [3.63, 3.8) is 0 Å².